The zero-order valence-electron chi connectivity index (χ0n) is 12.7. The summed E-state index contributed by atoms with van der Waals surface area (Å²) in [6.07, 6.45) is 0. The molecule has 0 spiro atoms. The second-order valence-electron chi connectivity index (χ2n) is 5.37. The van der Waals surface area contributed by atoms with Crippen molar-refractivity contribution in [3.05, 3.63) is 40.8 Å². The molecule has 0 aliphatic heterocycles. The molecule has 0 aliphatic carbocycles. The van der Waals surface area contributed by atoms with Crippen LogP contribution in [-0.2, 0) is 9.59 Å². The average molecular weight is 319 g/mol. The van der Waals surface area contributed by atoms with E-state index in [0.717, 1.165) is 5.39 Å². The maximum absolute atomic E-state index is 11.8. The Balaban J connectivity index is 2.01. The lowest BCUT2D eigenvalue weighted by Gasteiger charge is -2.17. The summed E-state index contributed by atoms with van der Waals surface area (Å²) in [6.45, 7) is 3.07. The van der Waals surface area contributed by atoms with Crippen LogP contribution in [0.1, 0.15) is 13.8 Å². The summed E-state index contributed by atoms with van der Waals surface area (Å²) < 4.78 is 10.3. The number of carboxylic acids is 1. The largest absolute Gasteiger partial charge is 0.484 e. The third-order valence-electron chi connectivity index (χ3n) is 3.21. The van der Waals surface area contributed by atoms with E-state index in [4.69, 9.17) is 14.3 Å². The Morgan fingerprint density at radius 3 is 2.61 bits per heavy atom. The van der Waals surface area contributed by atoms with Gasteiger partial charge in [-0.2, -0.15) is 0 Å². The van der Waals surface area contributed by atoms with E-state index in [0.29, 0.717) is 11.3 Å². The van der Waals surface area contributed by atoms with Gasteiger partial charge in [0.2, 0.25) is 0 Å². The highest BCUT2D eigenvalue weighted by Crippen LogP contribution is 2.19. The number of carboxylic acid groups (broad SMARTS) is 1. The molecule has 7 nitrogen and oxygen atoms in total. The molecule has 2 aromatic rings. The van der Waals surface area contributed by atoms with E-state index in [2.05, 4.69) is 5.32 Å². The van der Waals surface area contributed by atoms with Gasteiger partial charge in [-0.25, -0.2) is 9.59 Å². The number of fused-ring (bicyclic) bond motifs is 1. The lowest BCUT2D eigenvalue weighted by Crippen LogP contribution is -2.46. The van der Waals surface area contributed by atoms with Gasteiger partial charge in [-0.15, -0.1) is 0 Å². The second kappa shape index (κ2) is 6.95. The molecular formula is C16H17NO6. The first-order valence-corrected chi connectivity index (χ1v) is 7.05. The maximum Gasteiger partial charge on any atom is 0.336 e. The molecule has 0 saturated carbocycles. The number of nitrogens with one attached hydrogen (secondary N) is 1. The van der Waals surface area contributed by atoms with Crippen LogP contribution < -0.4 is 15.7 Å². The number of aliphatic carboxylic acids is 1. The number of hydrogen-bond acceptors (Lipinski definition) is 5. The van der Waals surface area contributed by atoms with E-state index in [1.165, 1.54) is 12.1 Å². The first-order valence-electron chi connectivity index (χ1n) is 7.05. The van der Waals surface area contributed by atoms with Crippen molar-refractivity contribution in [3.63, 3.8) is 0 Å². The van der Waals surface area contributed by atoms with Gasteiger partial charge in [-0.05, 0) is 24.1 Å². The Hall–Kier alpha value is -2.83. The van der Waals surface area contributed by atoms with Gasteiger partial charge in [0.1, 0.15) is 17.4 Å². The van der Waals surface area contributed by atoms with Crippen LogP contribution >= 0.6 is 0 Å². The molecule has 2 N–H and O–H groups in total. The van der Waals surface area contributed by atoms with E-state index < -0.39 is 23.5 Å². The molecule has 0 aliphatic rings. The molecule has 7 heteroatoms. The molecule has 0 fully saturated rings. The molecule has 23 heavy (non-hydrogen) atoms. The van der Waals surface area contributed by atoms with Gasteiger partial charge in [-0.1, -0.05) is 13.8 Å². The SMILES string of the molecule is CC(C)[C@H](NC(=O)COc1ccc2ccc(=O)oc2c1)C(=O)O. The van der Waals surface area contributed by atoms with Gasteiger partial charge in [0.25, 0.3) is 5.91 Å². The number of ether oxygens (including phenoxy) is 1. The molecule has 1 atom stereocenters. The molecule has 2 rings (SSSR count). The van der Waals surface area contributed by atoms with Crippen molar-refractivity contribution >= 4 is 22.8 Å². The minimum absolute atomic E-state index is 0.244. The minimum atomic E-state index is -1.10. The molecule has 0 radical (unpaired) electrons. The summed E-state index contributed by atoms with van der Waals surface area (Å²) in [5.74, 6) is -1.54. The van der Waals surface area contributed by atoms with Gasteiger partial charge >= 0.3 is 11.6 Å². The van der Waals surface area contributed by atoms with E-state index in [9.17, 15) is 14.4 Å². The smallest absolute Gasteiger partial charge is 0.336 e. The number of amides is 1. The Bertz CT molecular complexity index is 779. The molecule has 0 unspecified atom stereocenters. The van der Waals surface area contributed by atoms with Crippen molar-refractivity contribution in [2.75, 3.05) is 6.61 Å². The van der Waals surface area contributed by atoms with E-state index in [1.807, 2.05) is 0 Å². The topological polar surface area (TPSA) is 106 Å². The van der Waals surface area contributed by atoms with Gasteiger partial charge in [-0.3, -0.25) is 4.79 Å². The lowest BCUT2D eigenvalue weighted by atomic mass is 10.1. The highest BCUT2D eigenvalue weighted by Gasteiger charge is 2.23. The van der Waals surface area contributed by atoms with Gasteiger partial charge in [0, 0.05) is 17.5 Å². The van der Waals surface area contributed by atoms with Crippen LogP contribution in [-0.4, -0.2) is 29.6 Å². The third kappa shape index (κ3) is 4.32. The van der Waals surface area contributed by atoms with Crippen molar-refractivity contribution in [2.24, 2.45) is 5.92 Å². The average Bonchev–Trinajstić information content (AvgIpc) is 2.49. The third-order valence-corrected chi connectivity index (χ3v) is 3.21. The fourth-order valence-electron chi connectivity index (χ4n) is 2.01. The molecule has 1 heterocycles. The van der Waals surface area contributed by atoms with E-state index >= 15 is 0 Å². The van der Waals surface area contributed by atoms with Gasteiger partial charge in [0.15, 0.2) is 6.61 Å². The Labute approximate surface area is 131 Å². The summed E-state index contributed by atoms with van der Waals surface area (Å²) in [5.41, 5.74) is -0.130. The summed E-state index contributed by atoms with van der Waals surface area (Å²) >= 11 is 0. The fourth-order valence-corrected chi connectivity index (χ4v) is 2.01. The Morgan fingerprint density at radius 2 is 1.96 bits per heavy atom. The number of benzene rings is 1. The number of carbonyl (C=O) groups excluding carboxylic acids is 1. The zero-order chi connectivity index (χ0) is 17.0. The predicted molar refractivity (Wildman–Crippen MR) is 82.4 cm³/mol. The number of carbonyl (C=O) groups is 2. The minimum Gasteiger partial charge on any atom is -0.484 e. The van der Waals surface area contributed by atoms with Crippen LogP contribution in [0.3, 0.4) is 0 Å². The summed E-state index contributed by atoms with van der Waals surface area (Å²) in [7, 11) is 0. The van der Waals surface area contributed by atoms with Crippen LogP contribution in [0.15, 0.2) is 39.5 Å². The van der Waals surface area contributed by atoms with Gasteiger partial charge in [0.05, 0.1) is 0 Å². The monoisotopic (exact) mass is 319 g/mol. The summed E-state index contributed by atoms with van der Waals surface area (Å²) in [6, 6.07) is 6.79. The van der Waals surface area contributed by atoms with Crippen molar-refractivity contribution in [2.45, 2.75) is 19.9 Å². The van der Waals surface area contributed by atoms with Crippen molar-refractivity contribution in [3.8, 4) is 5.75 Å². The van der Waals surface area contributed by atoms with Crippen LogP contribution in [0.25, 0.3) is 11.0 Å². The second-order valence-corrected chi connectivity index (χ2v) is 5.37. The van der Waals surface area contributed by atoms with Crippen molar-refractivity contribution in [1.29, 1.82) is 0 Å². The lowest BCUT2D eigenvalue weighted by molar-refractivity contribution is -0.143. The van der Waals surface area contributed by atoms with Crippen LogP contribution in [0.4, 0.5) is 0 Å². The first-order chi connectivity index (χ1) is 10.9. The molecule has 1 aromatic heterocycles. The van der Waals surface area contributed by atoms with Crippen LogP contribution in [0, 0.1) is 5.92 Å². The summed E-state index contributed by atoms with van der Waals surface area (Å²) in [5, 5.41) is 12.1. The summed E-state index contributed by atoms with van der Waals surface area (Å²) in [4.78, 5) is 34.0. The zero-order valence-corrected chi connectivity index (χ0v) is 12.7. The highest BCUT2D eigenvalue weighted by atomic mass is 16.5. The number of hydrogen-bond donors (Lipinski definition) is 2. The number of rotatable bonds is 6. The molecular weight excluding hydrogens is 302 g/mol. The molecule has 122 valence electrons. The quantitative estimate of drug-likeness (QED) is 0.780. The van der Waals surface area contributed by atoms with Crippen LogP contribution in [0.2, 0.25) is 0 Å². The normalized spacial score (nSPS) is 12.1. The molecule has 1 amide bonds. The Kier molecular flexibility index (Phi) is 5.00. The van der Waals surface area contributed by atoms with Gasteiger partial charge < -0.3 is 19.6 Å². The predicted octanol–water partition coefficient (Wildman–Crippen LogP) is 1.40. The molecule has 0 saturated heterocycles. The highest BCUT2D eigenvalue weighted by molar-refractivity contribution is 5.84. The Morgan fingerprint density at radius 1 is 1.26 bits per heavy atom. The maximum atomic E-state index is 11.8. The van der Waals surface area contributed by atoms with Crippen LogP contribution in [0.5, 0.6) is 5.75 Å². The standard InChI is InChI=1S/C16H17NO6/c1-9(2)15(16(20)21)17-13(18)8-22-11-5-3-10-4-6-14(19)23-12(10)7-11/h3-7,9,15H,8H2,1-2H3,(H,17,18)(H,20,21)/t15-/m0/s1. The molecule has 1 aromatic carbocycles. The first kappa shape index (κ1) is 16.5. The van der Waals surface area contributed by atoms with Crippen molar-refractivity contribution < 1.29 is 23.8 Å². The van der Waals surface area contributed by atoms with Crippen molar-refractivity contribution in [1.82, 2.24) is 5.32 Å². The van der Waals surface area contributed by atoms with E-state index in [-0.39, 0.29) is 12.5 Å². The van der Waals surface area contributed by atoms with E-state index in [1.54, 1.807) is 32.0 Å². The molecule has 0 bridgehead atoms. The fraction of sp³-hybridized carbons (Fsp3) is 0.312.